The number of aliphatic carboxylic acids is 1. The average Bonchev–Trinajstić information content (AvgIpc) is 1.84. The highest BCUT2D eigenvalue weighted by Crippen LogP contribution is 2.45. The highest BCUT2D eigenvalue weighted by molar-refractivity contribution is 5.76. The maximum absolute atomic E-state index is 10.7. The number of aliphatic hydroxyl groups is 1. The van der Waals surface area contributed by atoms with Crippen LogP contribution in [0.25, 0.3) is 0 Å². The predicted molar refractivity (Wildman–Crippen MR) is 40.2 cm³/mol. The van der Waals surface area contributed by atoms with Gasteiger partial charge in [0.05, 0.1) is 11.5 Å². The lowest BCUT2D eigenvalue weighted by Crippen LogP contribution is -2.46. The minimum Gasteiger partial charge on any atom is -0.481 e. The minimum atomic E-state index is -0.746. The van der Waals surface area contributed by atoms with Crippen LogP contribution in [0.4, 0.5) is 0 Å². The molecule has 64 valence electrons. The van der Waals surface area contributed by atoms with Crippen LogP contribution in [0.2, 0.25) is 0 Å². The van der Waals surface area contributed by atoms with Gasteiger partial charge in [0.1, 0.15) is 0 Å². The third-order valence-corrected chi connectivity index (χ3v) is 2.43. The lowest BCUT2D eigenvalue weighted by molar-refractivity contribution is -0.164. The predicted octanol–water partition coefficient (Wildman–Crippen LogP) is 1.01. The molecule has 0 aromatic rings. The monoisotopic (exact) mass is 158 g/mol. The molecule has 1 saturated carbocycles. The first-order valence-electron chi connectivity index (χ1n) is 4.02. The zero-order chi connectivity index (χ0) is 8.48. The number of hydrogen-bond acceptors (Lipinski definition) is 2. The van der Waals surface area contributed by atoms with E-state index in [-0.39, 0.29) is 6.10 Å². The van der Waals surface area contributed by atoms with Gasteiger partial charge in [-0.1, -0.05) is 13.3 Å². The summed E-state index contributed by atoms with van der Waals surface area (Å²) in [6.07, 6.45) is 2.07. The summed E-state index contributed by atoms with van der Waals surface area (Å²) in [5.41, 5.74) is -0.589. The van der Waals surface area contributed by atoms with Crippen molar-refractivity contribution in [1.82, 2.24) is 0 Å². The molecule has 0 spiro atoms. The topological polar surface area (TPSA) is 57.5 Å². The van der Waals surface area contributed by atoms with Crippen LogP contribution in [0.15, 0.2) is 0 Å². The van der Waals surface area contributed by atoms with Crippen LogP contribution in [0, 0.1) is 5.41 Å². The van der Waals surface area contributed by atoms with Gasteiger partial charge >= 0.3 is 5.97 Å². The molecule has 0 aromatic carbocycles. The molecular weight excluding hydrogens is 144 g/mol. The van der Waals surface area contributed by atoms with Crippen molar-refractivity contribution in [3.05, 3.63) is 0 Å². The van der Waals surface area contributed by atoms with E-state index in [4.69, 9.17) is 10.2 Å². The van der Waals surface area contributed by atoms with E-state index in [1.165, 1.54) is 0 Å². The zero-order valence-electron chi connectivity index (χ0n) is 6.71. The van der Waals surface area contributed by atoms with E-state index in [0.717, 1.165) is 6.42 Å². The Balaban J connectivity index is 2.53. The van der Waals surface area contributed by atoms with Crippen molar-refractivity contribution in [1.29, 1.82) is 0 Å². The molecule has 1 aliphatic rings. The lowest BCUT2D eigenvalue weighted by atomic mass is 9.64. The summed E-state index contributed by atoms with van der Waals surface area (Å²) in [7, 11) is 0. The third-order valence-electron chi connectivity index (χ3n) is 2.43. The summed E-state index contributed by atoms with van der Waals surface area (Å²) in [6.45, 7) is 1.97. The average molecular weight is 158 g/mol. The summed E-state index contributed by atoms with van der Waals surface area (Å²) >= 11 is 0. The summed E-state index contributed by atoms with van der Waals surface area (Å²) < 4.78 is 0. The van der Waals surface area contributed by atoms with Crippen molar-refractivity contribution in [2.45, 2.75) is 38.7 Å². The van der Waals surface area contributed by atoms with E-state index in [1.54, 1.807) is 0 Å². The Morgan fingerprint density at radius 1 is 1.64 bits per heavy atom. The maximum Gasteiger partial charge on any atom is 0.309 e. The molecule has 0 radical (unpaired) electrons. The Kier molecular flexibility index (Phi) is 2.18. The first kappa shape index (κ1) is 8.53. The molecule has 1 aliphatic carbocycles. The van der Waals surface area contributed by atoms with Crippen molar-refractivity contribution in [3.63, 3.8) is 0 Å². The van der Waals surface area contributed by atoms with E-state index in [0.29, 0.717) is 19.3 Å². The molecule has 3 heteroatoms. The molecular formula is C8H14O3. The molecule has 0 unspecified atom stereocenters. The van der Waals surface area contributed by atoms with Gasteiger partial charge in [0.15, 0.2) is 0 Å². The minimum absolute atomic E-state index is 0.377. The quantitative estimate of drug-likeness (QED) is 0.644. The van der Waals surface area contributed by atoms with Crippen LogP contribution < -0.4 is 0 Å². The fraction of sp³-hybridized carbons (Fsp3) is 0.875. The lowest BCUT2D eigenvalue weighted by Gasteiger charge is -2.41. The SMILES string of the molecule is CCCC1(C(=O)O)CC(O)C1. The van der Waals surface area contributed by atoms with E-state index >= 15 is 0 Å². The normalized spacial score (nSPS) is 36.4. The Morgan fingerprint density at radius 2 is 2.18 bits per heavy atom. The van der Waals surface area contributed by atoms with Crippen molar-refractivity contribution >= 4 is 5.97 Å². The van der Waals surface area contributed by atoms with Crippen molar-refractivity contribution < 1.29 is 15.0 Å². The first-order valence-corrected chi connectivity index (χ1v) is 4.02. The summed E-state index contributed by atoms with van der Waals surface area (Å²) in [5, 5.41) is 17.8. The van der Waals surface area contributed by atoms with Gasteiger partial charge < -0.3 is 10.2 Å². The molecule has 0 atom stereocenters. The van der Waals surface area contributed by atoms with Crippen molar-refractivity contribution in [3.8, 4) is 0 Å². The number of rotatable bonds is 3. The second kappa shape index (κ2) is 2.81. The second-order valence-electron chi connectivity index (χ2n) is 3.40. The van der Waals surface area contributed by atoms with E-state index in [2.05, 4.69) is 0 Å². The van der Waals surface area contributed by atoms with E-state index in [9.17, 15) is 4.79 Å². The molecule has 0 bridgehead atoms. The number of carboxylic acids is 1. The molecule has 1 fully saturated rings. The second-order valence-corrected chi connectivity index (χ2v) is 3.40. The summed E-state index contributed by atoms with van der Waals surface area (Å²) in [6, 6.07) is 0. The van der Waals surface area contributed by atoms with Crippen LogP contribution >= 0.6 is 0 Å². The first-order chi connectivity index (χ1) is 5.10. The highest BCUT2D eigenvalue weighted by Gasteiger charge is 2.48. The van der Waals surface area contributed by atoms with E-state index < -0.39 is 11.4 Å². The standard InChI is InChI=1S/C8H14O3/c1-2-3-8(7(10)11)4-6(9)5-8/h6,9H,2-5H2,1H3,(H,10,11). The van der Waals surface area contributed by atoms with Gasteiger partial charge in [0.2, 0.25) is 0 Å². The Morgan fingerprint density at radius 3 is 2.45 bits per heavy atom. The van der Waals surface area contributed by atoms with Gasteiger partial charge in [-0.3, -0.25) is 4.79 Å². The third kappa shape index (κ3) is 1.38. The van der Waals surface area contributed by atoms with Crippen molar-refractivity contribution in [2.24, 2.45) is 5.41 Å². The van der Waals surface area contributed by atoms with E-state index in [1.807, 2.05) is 6.92 Å². The number of carboxylic acid groups (broad SMARTS) is 1. The van der Waals surface area contributed by atoms with Crippen LogP contribution in [0.5, 0.6) is 0 Å². The van der Waals surface area contributed by atoms with Crippen LogP contribution in [-0.4, -0.2) is 22.3 Å². The van der Waals surface area contributed by atoms with Gasteiger partial charge in [-0.2, -0.15) is 0 Å². The number of aliphatic hydroxyl groups excluding tert-OH is 1. The highest BCUT2D eigenvalue weighted by atomic mass is 16.4. The molecule has 2 N–H and O–H groups in total. The van der Waals surface area contributed by atoms with Crippen LogP contribution in [0.1, 0.15) is 32.6 Å². The molecule has 0 aliphatic heterocycles. The molecule has 1 rings (SSSR count). The van der Waals surface area contributed by atoms with Crippen molar-refractivity contribution in [2.75, 3.05) is 0 Å². The Bertz CT molecular complexity index is 153. The molecule has 0 saturated heterocycles. The summed E-state index contributed by atoms with van der Waals surface area (Å²) in [4.78, 5) is 10.7. The maximum atomic E-state index is 10.7. The van der Waals surface area contributed by atoms with Crippen LogP contribution in [-0.2, 0) is 4.79 Å². The smallest absolute Gasteiger partial charge is 0.309 e. The Labute approximate surface area is 66.0 Å². The molecule has 3 nitrogen and oxygen atoms in total. The van der Waals surface area contributed by atoms with Gasteiger partial charge in [-0.15, -0.1) is 0 Å². The molecule has 0 heterocycles. The largest absolute Gasteiger partial charge is 0.481 e. The van der Waals surface area contributed by atoms with Gasteiger partial charge in [-0.25, -0.2) is 0 Å². The Hall–Kier alpha value is -0.570. The molecule has 0 aromatic heterocycles. The number of carbonyl (C=O) groups is 1. The summed E-state index contributed by atoms with van der Waals surface area (Å²) in [5.74, 6) is -0.746. The van der Waals surface area contributed by atoms with Crippen LogP contribution in [0.3, 0.4) is 0 Å². The molecule has 11 heavy (non-hydrogen) atoms. The van der Waals surface area contributed by atoms with Gasteiger partial charge in [0.25, 0.3) is 0 Å². The zero-order valence-corrected chi connectivity index (χ0v) is 6.71. The van der Waals surface area contributed by atoms with Gasteiger partial charge in [-0.05, 0) is 19.3 Å². The van der Waals surface area contributed by atoms with Gasteiger partial charge in [0, 0.05) is 0 Å². The fourth-order valence-corrected chi connectivity index (χ4v) is 1.81. The molecule has 0 amide bonds. The number of hydrogen-bond donors (Lipinski definition) is 2. The fourth-order valence-electron chi connectivity index (χ4n) is 1.81.